The monoisotopic (exact) mass is 388 g/mol. The van der Waals surface area contributed by atoms with Crippen LogP contribution >= 0.6 is 0 Å². The van der Waals surface area contributed by atoms with E-state index in [0.717, 1.165) is 35.1 Å². The van der Waals surface area contributed by atoms with Gasteiger partial charge in [0.2, 0.25) is 10.0 Å². The molecule has 0 saturated carbocycles. The molecule has 1 aliphatic rings. The van der Waals surface area contributed by atoms with Crippen LogP contribution in [0.1, 0.15) is 23.6 Å². The first kappa shape index (κ1) is 19.2. The molecule has 2 aromatic rings. The molecule has 0 spiro atoms. The Morgan fingerprint density at radius 2 is 2.00 bits per heavy atom. The van der Waals surface area contributed by atoms with Gasteiger partial charge < -0.3 is 10.1 Å². The lowest BCUT2D eigenvalue weighted by atomic mass is 10.1. The molecule has 27 heavy (non-hydrogen) atoms. The quantitative estimate of drug-likeness (QED) is 0.874. The number of benzene rings is 2. The second-order valence-electron chi connectivity index (χ2n) is 6.82. The topological polar surface area (TPSA) is 75.7 Å². The lowest BCUT2D eigenvalue weighted by Crippen LogP contribution is -2.48. The van der Waals surface area contributed by atoms with Crippen molar-refractivity contribution in [1.82, 2.24) is 0 Å². The summed E-state index contributed by atoms with van der Waals surface area (Å²) in [5.74, 6) is 0.0248. The standard InChI is InChI=1S/C20H24N2O4S/c1-5-15-8-6-7-14(3)19(15)21-20(23)18-12-22(27(4,24)25)16-11-13(2)9-10-17(16)26-18/h6-11,18H,5,12H2,1-4H3,(H,21,23)/t18-/m0/s1. The minimum Gasteiger partial charge on any atom is -0.476 e. The fourth-order valence-electron chi connectivity index (χ4n) is 3.22. The summed E-state index contributed by atoms with van der Waals surface area (Å²) in [6.45, 7) is 5.77. The predicted molar refractivity (Wildman–Crippen MR) is 107 cm³/mol. The minimum absolute atomic E-state index is 0.0611. The van der Waals surface area contributed by atoms with Gasteiger partial charge in [0.25, 0.3) is 5.91 Å². The van der Waals surface area contributed by atoms with E-state index in [0.29, 0.717) is 11.4 Å². The third-order valence-electron chi connectivity index (χ3n) is 4.66. The SMILES string of the molecule is CCc1cccc(C)c1NC(=O)[C@@H]1CN(S(C)(=O)=O)c2cc(C)ccc2O1. The van der Waals surface area contributed by atoms with E-state index in [-0.39, 0.29) is 12.5 Å². The predicted octanol–water partition coefficient (Wildman–Crippen LogP) is 3.03. The van der Waals surface area contributed by atoms with E-state index in [9.17, 15) is 13.2 Å². The minimum atomic E-state index is -3.54. The van der Waals surface area contributed by atoms with Gasteiger partial charge in [-0.3, -0.25) is 9.10 Å². The summed E-state index contributed by atoms with van der Waals surface area (Å²) < 4.78 is 31.6. The number of anilines is 2. The molecule has 1 amide bonds. The van der Waals surface area contributed by atoms with Crippen LogP contribution in [0.2, 0.25) is 0 Å². The number of hydrogen-bond donors (Lipinski definition) is 1. The van der Waals surface area contributed by atoms with Crippen LogP contribution in [0.5, 0.6) is 5.75 Å². The molecule has 3 rings (SSSR count). The number of rotatable bonds is 4. The van der Waals surface area contributed by atoms with E-state index in [4.69, 9.17) is 4.74 Å². The number of para-hydroxylation sites is 1. The number of fused-ring (bicyclic) bond motifs is 1. The molecule has 1 atom stereocenters. The van der Waals surface area contributed by atoms with E-state index in [1.165, 1.54) is 4.31 Å². The molecule has 0 saturated heterocycles. The maximum Gasteiger partial charge on any atom is 0.267 e. The Balaban J connectivity index is 1.92. The van der Waals surface area contributed by atoms with Crippen LogP contribution in [0.15, 0.2) is 36.4 Å². The number of nitrogens with one attached hydrogen (secondary N) is 1. The van der Waals surface area contributed by atoms with Crippen LogP contribution in [0.4, 0.5) is 11.4 Å². The summed E-state index contributed by atoms with van der Waals surface area (Å²) in [6, 6.07) is 11.1. The molecule has 1 N–H and O–H groups in total. The smallest absolute Gasteiger partial charge is 0.267 e. The third-order valence-corrected chi connectivity index (χ3v) is 5.81. The number of amides is 1. The van der Waals surface area contributed by atoms with Gasteiger partial charge in [-0.05, 0) is 49.1 Å². The van der Waals surface area contributed by atoms with Gasteiger partial charge >= 0.3 is 0 Å². The van der Waals surface area contributed by atoms with Gasteiger partial charge in [0.05, 0.1) is 18.5 Å². The molecule has 0 aromatic heterocycles. The molecule has 0 aliphatic carbocycles. The Bertz CT molecular complexity index is 985. The molecule has 6 nitrogen and oxygen atoms in total. The van der Waals surface area contributed by atoms with Crippen molar-refractivity contribution >= 4 is 27.3 Å². The number of carbonyl (C=O) groups excluding carboxylic acids is 1. The molecule has 1 heterocycles. The Morgan fingerprint density at radius 3 is 2.67 bits per heavy atom. The maximum absolute atomic E-state index is 12.9. The number of nitrogens with zero attached hydrogens (tertiary/aromatic N) is 1. The Hall–Kier alpha value is -2.54. The maximum atomic E-state index is 12.9. The lowest BCUT2D eigenvalue weighted by Gasteiger charge is -2.34. The highest BCUT2D eigenvalue weighted by Crippen LogP contribution is 2.36. The van der Waals surface area contributed by atoms with Crippen LogP contribution < -0.4 is 14.4 Å². The highest BCUT2D eigenvalue weighted by molar-refractivity contribution is 7.92. The number of ether oxygens (including phenoxy) is 1. The zero-order valence-electron chi connectivity index (χ0n) is 15.9. The van der Waals surface area contributed by atoms with E-state index in [1.54, 1.807) is 12.1 Å². The van der Waals surface area contributed by atoms with Gasteiger partial charge in [-0.2, -0.15) is 0 Å². The van der Waals surface area contributed by atoms with Crippen molar-refractivity contribution in [3.63, 3.8) is 0 Å². The molecule has 0 unspecified atom stereocenters. The number of sulfonamides is 1. The highest BCUT2D eigenvalue weighted by Gasteiger charge is 2.35. The largest absolute Gasteiger partial charge is 0.476 e. The zero-order chi connectivity index (χ0) is 19.8. The summed E-state index contributed by atoms with van der Waals surface area (Å²) in [5.41, 5.74) is 4.12. The molecular weight excluding hydrogens is 364 g/mol. The second-order valence-corrected chi connectivity index (χ2v) is 8.73. The van der Waals surface area contributed by atoms with Gasteiger partial charge in [-0.15, -0.1) is 0 Å². The van der Waals surface area contributed by atoms with Gasteiger partial charge in [0.15, 0.2) is 6.10 Å². The molecule has 1 aliphatic heterocycles. The van der Waals surface area contributed by atoms with Crippen molar-refractivity contribution < 1.29 is 17.9 Å². The third kappa shape index (κ3) is 3.93. The van der Waals surface area contributed by atoms with Crippen LogP contribution in [-0.4, -0.2) is 33.2 Å². The van der Waals surface area contributed by atoms with Gasteiger partial charge in [0.1, 0.15) is 5.75 Å². The van der Waals surface area contributed by atoms with Crippen LogP contribution in [0.25, 0.3) is 0 Å². The summed E-state index contributed by atoms with van der Waals surface area (Å²) >= 11 is 0. The fourth-order valence-corrected chi connectivity index (χ4v) is 4.12. The molecular formula is C20H24N2O4S. The number of hydrogen-bond acceptors (Lipinski definition) is 4. The van der Waals surface area contributed by atoms with E-state index in [1.807, 2.05) is 45.0 Å². The molecule has 144 valence electrons. The average Bonchev–Trinajstić information content (AvgIpc) is 2.61. The van der Waals surface area contributed by atoms with Crippen molar-refractivity contribution in [2.24, 2.45) is 0 Å². The average molecular weight is 388 g/mol. The van der Waals surface area contributed by atoms with Crippen molar-refractivity contribution in [3.8, 4) is 5.75 Å². The van der Waals surface area contributed by atoms with Crippen LogP contribution in [0, 0.1) is 13.8 Å². The lowest BCUT2D eigenvalue weighted by molar-refractivity contribution is -0.122. The van der Waals surface area contributed by atoms with E-state index < -0.39 is 16.1 Å². The van der Waals surface area contributed by atoms with E-state index in [2.05, 4.69) is 5.32 Å². The first-order chi connectivity index (χ1) is 12.7. The van der Waals surface area contributed by atoms with Gasteiger partial charge in [-0.1, -0.05) is 31.2 Å². The Kier molecular flexibility index (Phi) is 5.15. The summed E-state index contributed by atoms with van der Waals surface area (Å²) in [7, 11) is -3.54. The van der Waals surface area contributed by atoms with Crippen molar-refractivity contribution in [2.75, 3.05) is 22.4 Å². The number of carbonyl (C=O) groups is 1. The van der Waals surface area contributed by atoms with Crippen molar-refractivity contribution in [2.45, 2.75) is 33.3 Å². The van der Waals surface area contributed by atoms with Crippen molar-refractivity contribution in [1.29, 1.82) is 0 Å². The first-order valence-electron chi connectivity index (χ1n) is 8.85. The molecule has 0 radical (unpaired) electrons. The molecule has 2 aromatic carbocycles. The summed E-state index contributed by atoms with van der Waals surface area (Å²) in [4.78, 5) is 12.9. The van der Waals surface area contributed by atoms with E-state index >= 15 is 0 Å². The van der Waals surface area contributed by atoms with Crippen LogP contribution in [-0.2, 0) is 21.2 Å². The first-order valence-corrected chi connectivity index (χ1v) is 10.7. The number of aryl methyl sites for hydroxylation is 3. The zero-order valence-corrected chi connectivity index (χ0v) is 16.8. The second kappa shape index (κ2) is 7.23. The fraction of sp³-hybridized carbons (Fsp3) is 0.350. The van der Waals surface area contributed by atoms with Crippen LogP contribution in [0.3, 0.4) is 0 Å². The summed E-state index contributed by atoms with van der Waals surface area (Å²) in [6.07, 6.45) is 0.982. The summed E-state index contributed by atoms with van der Waals surface area (Å²) in [5, 5.41) is 2.93. The normalized spacial score (nSPS) is 16.4. The highest BCUT2D eigenvalue weighted by atomic mass is 32.2. The van der Waals surface area contributed by atoms with Crippen molar-refractivity contribution in [3.05, 3.63) is 53.1 Å². The van der Waals surface area contributed by atoms with Gasteiger partial charge in [0, 0.05) is 5.69 Å². The Morgan fingerprint density at radius 1 is 1.26 bits per heavy atom. The molecule has 0 bridgehead atoms. The molecule has 0 fully saturated rings. The molecule has 7 heteroatoms. The Labute approximate surface area is 160 Å². The van der Waals surface area contributed by atoms with Gasteiger partial charge in [-0.25, -0.2) is 8.42 Å².